The zero-order chi connectivity index (χ0) is 23.5. The summed E-state index contributed by atoms with van der Waals surface area (Å²) in [6.45, 7) is 7.57. The monoisotopic (exact) mass is 462 g/mol. The number of anilines is 1. The number of piperazine rings is 1. The van der Waals surface area contributed by atoms with Crippen LogP contribution in [-0.4, -0.2) is 65.6 Å². The van der Waals surface area contributed by atoms with Crippen molar-refractivity contribution < 1.29 is 28.3 Å². The van der Waals surface area contributed by atoms with E-state index >= 15 is 0 Å². The summed E-state index contributed by atoms with van der Waals surface area (Å²) in [7, 11) is 1.91. The third-order valence-corrected chi connectivity index (χ3v) is 6.92. The van der Waals surface area contributed by atoms with Crippen LogP contribution in [0.25, 0.3) is 0 Å². The Hall–Kier alpha value is -2.78. The Balaban J connectivity index is 1.65. The second kappa shape index (κ2) is 9.79. The Morgan fingerprint density at radius 2 is 1.59 bits per heavy atom. The molecule has 0 bridgehead atoms. The summed E-state index contributed by atoms with van der Waals surface area (Å²) in [5.41, 5.74) is 0.437. The van der Waals surface area contributed by atoms with E-state index < -0.39 is 22.6 Å². The van der Waals surface area contributed by atoms with E-state index in [1.165, 1.54) is 13.8 Å². The summed E-state index contributed by atoms with van der Waals surface area (Å²) in [5.74, 6) is 0.790. The molecule has 0 spiro atoms. The lowest BCUT2D eigenvalue weighted by molar-refractivity contribution is -0.152. The molecule has 0 aromatic heterocycles. The van der Waals surface area contributed by atoms with Crippen LogP contribution in [0.15, 0.2) is 41.3 Å². The molecule has 1 unspecified atom stereocenters. The molecule has 8 nitrogen and oxygen atoms in total. The maximum atomic E-state index is 13.1. The van der Waals surface area contributed by atoms with Crippen LogP contribution in [-0.2, 0) is 15.8 Å². The van der Waals surface area contributed by atoms with Gasteiger partial charge in [-0.3, -0.25) is 0 Å². The highest BCUT2D eigenvalue weighted by Gasteiger charge is 2.30. The molecule has 1 heterocycles. The molecular weight excluding hydrogens is 432 g/mol. The average molecular weight is 463 g/mol. The Kier molecular flexibility index (Phi) is 7.30. The number of hydrogen-bond donors (Lipinski definition) is 1. The SMILES string of the molecule is COc1ccc(N2CCN(S(=O)c3ccc(OC(C)(C)C(=O)O)c(C)c3)CC2)cc1OC. The molecule has 1 aliphatic rings. The second-order valence-corrected chi connectivity index (χ2v) is 9.54. The maximum Gasteiger partial charge on any atom is 0.347 e. The van der Waals surface area contributed by atoms with Crippen LogP contribution >= 0.6 is 0 Å². The molecule has 1 N–H and O–H groups in total. The Morgan fingerprint density at radius 1 is 0.969 bits per heavy atom. The minimum absolute atomic E-state index is 0.469. The van der Waals surface area contributed by atoms with Gasteiger partial charge < -0.3 is 24.2 Å². The van der Waals surface area contributed by atoms with E-state index in [4.69, 9.17) is 14.2 Å². The Labute approximate surface area is 191 Å². The second-order valence-electron chi connectivity index (χ2n) is 8.05. The third kappa shape index (κ3) is 5.16. The molecule has 0 aliphatic carbocycles. The molecular formula is C23H30N2O6S. The first-order valence-corrected chi connectivity index (χ1v) is 11.4. The average Bonchev–Trinajstić information content (AvgIpc) is 2.79. The molecule has 1 atom stereocenters. The molecule has 3 rings (SSSR count). The largest absolute Gasteiger partial charge is 0.493 e. The third-order valence-electron chi connectivity index (χ3n) is 5.43. The van der Waals surface area contributed by atoms with Crippen LogP contribution in [0, 0.1) is 6.92 Å². The van der Waals surface area contributed by atoms with Crippen LogP contribution in [0.3, 0.4) is 0 Å². The van der Waals surface area contributed by atoms with Crippen molar-refractivity contribution >= 4 is 22.6 Å². The molecule has 174 valence electrons. The van der Waals surface area contributed by atoms with E-state index in [2.05, 4.69) is 4.90 Å². The molecule has 0 radical (unpaired) electrons. The quantitative estimate of drug-likeness (QED) is 0.645. The van der Waals surface area contributed by atoms with Gasteiger partial charge in [-0.25, -0.2) is 13.3 Å². The number of carboxylic acid groups (broad SMARTS) is 1. The number of methoxy groups -OCH3 is 2. The molecule has 2 aromatic rings. The Bertz CT molecular complexity index is 1000. The van der Waals surface area contributed by atoms with Gasteiger partial charge in [-0.2, -0.15) is 0 Å². The number of aryl methyl sites for hydroxylation is 1. The van der Waals surface area contributed by atoms with Crippen molar-refractivity contribution in [2.75, 3.05) is 45.3 Å². The number of ether oxygens (including phenoxy) is 3. The fourth-order valence-electron chi connectivity index (χ4n) is 3.45. The predicted octanol–water partition coefficient (Wildman–Crippen LogP) is 3.10. The van der Waals surface area contributed by atoms with E-state index in [9.17, 15) is 14.1 Å². The zero-order valence-corrected chi connectivity index (χ0v) is 19.9. The smallest absolute Gasteiger partial charge is 0.347 e. The number of rotatable bonds is 8. The van der Waals surface area contributed by atoms with Gasteiger partial charge in [0.2, 0.25) is 0 Å². The number of benzene rings is 2. The highest BCUT2D eigenvalue weighted by atomic mass is 32.2. The minimum atomic E-state index is -1.34. The molecule has 1 saturated heterocycles. The van der Waals surface area contributed by atoms with Crippen LogP contribution in [0.5, 0.6) is 17.2 Å². The van der Waals surface area contributed by atoms with Crippen LogP contribution in [0.4, 0.5) is 5.69 Å². The van der Waals surface area contributed by atoms with Gasteiger partial charge in [0.05, 0.1) is 19.1 Å². The van der Waals surface area contributed by atoms with Crippen molar-refractivity contribution in [2.24, 2.45) is 0 Å². The fourth-order valence-corrected chi connectivity index (χ4v) is 4.70. The van der Waals surface area contributed by atoms with Gasteiger partial charge in [-0.15, -0.1) is 0 Å². The van der Waals surface area contributed by atoms with Crippen LogP contribution in [0.1, 0.15) is 19.4 Å². The van der Waals surface area contributed by atoms with Crippen molar-refractivity contribution in [1.29, 1.82) is 0 Å². The van der Waals surface area contributed by atoms with Gasteiger partial charge >= 0.3 is 5.97 Å². The van der Waals surface area contributed by atoms with E-state index in [0.717, 1.165) is 24.3 Å². The van der Waals surface area contributed by atoms with Crippen LogP contribution < -0.4 is 19.1 Å². The summed E-state index contributed by atoms with van der Waals surface area (Å²) in [5, 5.41) is 9.27. The lowest BCUT2D eigenvalue weighted by Crippen LogP contribution is -2.47. The first kappa shape index (κ1) is 23.9. The molecule has 1 fully saturated rings. The van der Waals surface area contributed by atoms with Gasteiger partial charge in [0, 0.05) is 37.9 Å². The molecule has 0 saturated carbocycles. The van der Waals surface area contributed by atoms with Crippen LogP contribution in [0.2, 0.25) is 0 Å². The number of carbonyl (C=O) groups is 1. The first-order chi connectivity index (χ1) is 15.2. The van der Waals surface area contributed by atoms with Crippen molar-refractivity contribution in [3.8, 4) is 17.2 Å². The summed E-state index contributed by atoms with van der Waals surface area (Å²) >= 11 is 0. The lowest BCUT2D eigenvalue weighted by Gasteiger charge is -2.35. The summed E-state index contributed by atoms with van der Waals surface area (Å²) in [4.78, 5) is 14.2. The summed E-state index contributed by atoms with van der Waals surface area (Å²) < 4.78 is 31.4. The summed E-state index contributed by atoms with van der Waals surface area (Å²) in [6.07, 6.45) is 0. The fraction of sp³-hybridized carbons (Fsp3) is 0.435. The number of aliphatic carboxylic acids is 1. The van der Waals surface area contributed by atoms with E-state index in [1.807, 2.05) is 29.4 Å². The van der Waals surface area contributed by atoms with Crippen molar-refractivity contribution in [3.05, 3.63) is 42.0 Å². The van der Waals surface area contributed by atoms with Crippen molar-refractivity contribution in [2.45, 2.75) is 31.3 Å². The van der Waals surface area contributed by atoms with E-state index in [1.54, 1.807) is 32.4 Å². The summed E-state index contributed by atoms with van der Waals surface area (Å²) in [6, 6.07) is 11.0. The molecule has 2 aromatic carbocycles. The van der Waals surface area contributed by atoms with Gasteiger partial charge in [0.1, 0.15) is 16.7 Å². The number of nitrogens with zero attached hydrogens (tertiary/aromatic N) is 2. The maximum absolute atomic E-state index is 13.1. The van der Waals surface area contributed by atoms with Gasteiger partial charge in [-0.1, -0.05) is 0 Å². The molecule has 32 heavy (non-hydrogen) atoms. The van der Waals surface area contributed by atoms with E-state index in [0.29, 0.717) is 35.2 Å². The Morgan fingerprint density at radius 3 is 2.16 bits per heavy atom. The highest BCUT2D eigenvalue weighted by Crippen LogP contribution is 2.32. The van der Waals surface area contributed by atoms with Gasteiger partial charge in [0.15, 0.2) is 17.1 Å². The predicted molar refractivity (Wildman–Crippen MR) is 123 cm³/mol. The normalized spacial score (nSPS) is 15.8. The number of carboxylic acids is 1. The minimum Gasteiger partial charge on any atom is -0.493 e. The highest BCUT2D eigenvalue weighted by molar-refractivity contribution is 7.82. The van der Waals surface area contributed by atoms with Crippen molar-refractivity contribution in [3.63, 3.8) is 0 Å². The number of hydrogen-bond acceptors (Lipinski definition) is 6. The topological polar surface area (TPSA) is 88.5 Å². The molecule has 0 amide bonds. The van der Waals surface area contributed by atoms with E-state index in [-0.39, 0.29) is 0 Å². The zero-order valence-electron chi connectivity index (χ0n) is 19.1. The van der Waals surface area contributed by atoms with Crippen molar-refractivity contribution in [1.82, 2.24) is 4.31 Å². The molecule has 9 heteroatoms. The van der Waals surface area contributed by atoms with Gasteiger partial charge in [0.25, 0.3) is 0 Å². The van der Waals surface area contributed by atoms with Gasteiger partial charge in [-0.05, 0) is 56.7 Å². The standard InChI is InChI=1S/C23H30N2O6S/c1-16-14-18(7-9-19(16)31-23(2,3)22(26)27)32(28)25-12-10-24(11-13-25)17-6-8-20(29-4)21(15-17)30-5/h6-9,14-15H,10-13H2,1-5H3,(H,26,27). The molecule has 1 aliphatic heterocycles. The lowest BCUT2D eigenvalue weighted by atomic mass is 10.1. The first-order valence-electron chi connectivity index (χ1n) is 10.3.